The third-order valence-electron chi connectivity index (χ3n) is 3.99. The van der Waals surface area contributed by atoms with Crippen molar-refractivity contribution in [3.63, 3.8) is 0 Å². The van der Waals surface area contributed by atoms with Gasteiger partial charge >= 0.3 is 0 Å². The molecule has 0 spiro atoms. The van der Waals surface area contributed by atoms with Crippen LogP contribution in [0, 0.1) is 12.8 Å². The molecule has 1 N–H and O–H groups in total. The Bertz CT molecular complexity index is 478. The molecule has 106 valence electrons. The highest BCUT2D eigenvalue weighted by Gasteiger charge is 2.17. The molecule has 0 radical (unpaired) electrons. The van der Waals surface area contributed by atoms with Crippen LogP contribution in [-0.4, -0.2) is 22.1 Å². The molecule has 0 amide bonds. The minimum absolute atomic E-state index is 0.00608. The standard InChI is InChI=1S/C14H22BrN3O/c1-10-3-5-12(6-4-10)16-7-8-18-11(2)17-9-13(15)14(18)19/h9-10,12,16H,3-8H2,1-2H3. The lowest BCUT2D eigenvalue weighted by Gasteiger charge is -2.27. The molecule has 0 saturated heterocycles. The van der Waals surface area contributed by atoms with Crippen LogP contribution in [0.2, 0.25) is 0 Å². The highest BCUT2D eigenvalue weighted by Crippen LogP contribution is 2.23. The van der Waals surface area contributed by atoms with Crippen LogP contribution in [0.25, 0.3) is 0 Å². The molecule has 1 aliphatic carbocycles. The monoisotopic (exact) mass is 327 g/mol. The lowest BCUT2D eigenvalue weighted by atomic mass is 9.87. The van der Waals surface area contributed by atoms with Crippen molar-refractivity contribution in [2.75, 3.05) is 6.54 Å². The SMILES string of the molecule is Cc1ncc(Br)c(=O)n1CCNC1CCC(C)CC1. The van der Waals surface area contributed by atoms with E-state index in [0.717, 1.165) is 18.3 Å². The molecule has 0 atom stereocenters. The second-order valence-corrected chi connectivity index (χ2v) is 6.38. The molecular weight excluding hydrogens is 306 g/mol. The number of halogens is 1. The van der Waals surface area contributed by atoms with Gasteiger partial charge in [0.05, 0.1) is 0 Å². The van der Waals surface area contributed by atoms with E-state index in [1.165, 1.54) is 25.7 Å². The third kappa shape index (κ3) is 3.89. The first kappa shape index (κ1) is 14.7. The van der Waals surface area contributed by atoms with Crippen LogP contribution in [0.15, 0.2) is 15.5 Å². The second-order valence-electron chi connectivity index (χ2n) is 5.52. The normalized spacial score (nSPS) is 23.5. The molecule has 1 saturated carbocycles. The predicted octanol–water partition coefficient (Wildman–Crippen LogP) is 2.48. The van der Waals surface area contributed by atoms with E-state index in [1.807, 2.05) is 6.92 Å². The van der Waals surface area contributed by atoms with Crippen molar-refractivity contribution in [2.45, 2.75) is 52.1 Å². The molecular formula is C14H22BrN3O. The summed E-state index contributed by atoms with van der Waals surface area (Å²) in [6.07, 6.45) is 6.71. The Morgan fingerprint density at radius 1 is 1.42 bits per heavy atom. The van der Waals surface area contributed by atoms with Crippen LogP contribution in [0.1, 0.15) is 38.4 Å². The van der Waals surface area contributed by atoms with Gasteiger partial charge in [-0.1, -0.05) is 6.92 Å². The molecule has 1 fully saturated rings. The zero-order valence-corrected chi connectivity index (χ0v) is 13.2. The Labute approximate surface area is 122 Å². The first-order valence-electron chi connectivity index (χ1n) is 7.03. The molecule has 1 aliphatic rings. The average Bonchev–Trinajstić information content (AvgIpc) is 2.40. The summed E-state index contributed by atoms with van der Waals surface area (Å²) < 4.78 is 2.26. The van der Waals surface area contributed by atoms with Crippen LogP contribution >= 0.6 is 15.9 Å². The molecule has 19 heavy (non-hydrogen) atoms. The Hall–Kier alpha value is -0.680. The molecule has 1 heterocycles. The van der Waals surface area contributed by atoms with Crippen LogP contribution in [0.3, 0.4) is 0 Å². The molecule has 0 unspecified atom stereocenters. The fourth-order valence-corrected chi connectivity index (χ4v) is 2.98. The van der Waals surface area contributed by atoms with Gasteiger partial charge in [-0.05, 0) is 54.5 Å². The number of aryl methyl sites for hydroxylation is 1. The van der Waals surface area contributed by atoms with Crippen molar-refractivity contribution < 1.29 is 0 Å². The fourth-order valence-electron chi connectivity index (χ4n) is 2.66. The van der Waals surface area contributed by atoms with Crippen molar-refractivity contribution >= 4 is 15.9 Å². The van der Waals surface area contributed by atoms with E-state index in [0.29, 0.717) is 17.1 Å². The Kier molecular flexibility index (Phi) is 5.16. The zero-order valence-electron chi connectivity index (χ0n) is 11.7. The Morgan fingerprint density at radius 2 is 2.11 bits per heavy atom. The van der Waals surface area contributed by atoms with Crippen molar-refractivity contribution in [1.82, 2.24) is 14.9 Å². The van der Waals surface area contributed by atoms with Crippen LogP contribution in [-0.2, 0) is 6.54 Å². The molecule has 2 rings (SSSR count). The number of hydrogen-bond acceptors (Lipinski definition) is 3. The third-order valence-corrected chi connectivity index (χ3v) is 4.53. The summed E-state index contributed by atoms with van der Waals surface area (Å²) in [5.74, 6) is 1.64. The lowest BCUT2D eigenvalue weighted by Crippen LogP contribution is -2.37. The van der Waals surface area contributed by atoms with Crippen LogP contribution in [0.5, 0.6) is 0 Å². The van der Waals surface area contributed by atoms with Gasteiger partial charge in [0.2, 0.25) is 0 Å². The summed E-state index contributed by atoms with van der Waals surface area (Å²) in [4.78, 5) is 16.2. The molecule has 0 bridgehead atoms. The maximum Gasteiger partial charge on any atom is 0.267 e. The smallest absolute Gasteiger partial charge is 0.267 e. The van der Waals surface area contributed by atoms with Gasteiger partial charge < -0.3 is 5.32 Å². The van der Waals surface area contributed by atoms with Gasteiger partial charge in [0.15, 0.2) is 0 Å². The number of hydrogen-bond donors (Lipinski definition) is 1. The first-order valence-corrected chi connectivity index (χ1v) is 7.82. The molecule has 5 heteroatoms. The maximum absolute atomic E-state index is 12.0. The highest BCUT2D eigenvalue weighted by molar-refractivity contribution is 9.10. The van der Waals surface area contributed by atoms with Crippen molar-refractivity contribution in [3.8, 4) is 0 Å². The molecule has 4 nitrogen and oxygen atoms in total. The summed E-state index contributed by atoms with van der Waals surface area (Å²) in [6, 6.07) is 0.618. The summed E-state index contributed by atoms with van der Waals surface area (Å²) in [7, 11) is 0. The van der Waals surface area contributed by atoms with E-state index in [2.05, 4.69) is 33.2 Å². The quantitative estimate of drug-likeness (QED) is 0.924. The van der Waals surface area contributed by atoms with Crippen molar-refractivity contribution in [3.05, 3.63) is 26.8 Å². The fraction of sp³-hybridized carbons (Fsp3) is 0.714. The minimum atomic E-state index is 0.00608. The number of nitrogens with zero attached hydrogens (tertiary/aromatic N) is 2. The van der Waals surface area contributed by atoms with E-state index < -0.39 is 0 Å². The van der Waals surface area contributed by atoms with Gasteiger partial charge in [0.1, 0.15) is 10.3 Å². The molecule has 0 aliphatic heterocycles. The lowest BCUT2D eigenvalue weighted by molar-refractivity contribution is 0.304. The summed E-state index contributed by atoms with van der Waals surface area (Å²) in [5.41, 5.74) is 0.00608. The van der Waals surface area contributed by atoms with Crippen LogP contribution < -0.4 is 10.9 Å². The number of aromatic nitrogens is 2. The van der Waals surface area contributed by atoms with Gasteiger partial charge in [0.25, 0.3) is 5.56 Å². The van der Waals surface area contributed by atoms with Gasteiger partial charge in [-0.25, -0.2) is 4.98 Å². The van der Waals surface area contributed by atoms with E-state index >= 15 is 0 Å². The Balaban J connectivity index is 1.86. The van der Waals surface area contributed by atoms with Gasteiger partial charge in [0, 0.05) is 25.3 Å². The molecule has 0 aromatic carbocycles. The minimum Gasteiger partial charge on any atom is -0.312 e. The molecule has 1 aromatic rings. The summed E-state index contributed by atoms with van der Waals surface area (Å²) in [5, 5.41) is 3.56. The van der Waals surface area contributed by atoms with E-state index in [1.54, 1.807) is 10.8 Å². The largest absolute Gasteiger partial charge is 0.312 e. The number of rotatable bonds is 4. The average molecular weight is 328 g/mol. The van der Waals surface area contributed by atoms with Crippen molar-refractivity contribution in [2.24, 2.45) is 5.92 Å². The predicted molar refractivity (Wildman–Crippen MR) is 80.4 cm³/mol. The van der Waals surface area contributed by atoms with Gasteiger partial charge in [-0.3, -0.25) is 9.36 Å². The Morgan fingerprint density at radius 3 is 2.79 bits per heavy atom. The van der Waals surface area contributed by atoms with Gasteiger partial charge in [-0.15, -0.1) is 0 Å². The molecule has 1 aromatic heterocycles. The number of nitrogens with one attached hydrogen (secondary N) is 1. The van der Waals surface area contributed by atoms with E-state index in [-0.39, 0.29) is 5.56 Å². The summed E-state index contributed by atoms with van der Waals surface area (Å²) in [6.45, 7) is 5.71. The zero-order chi connectivity index (χ0) is 13.8. The van der Waals surface area contributed by atoms with E-state index in [4.69, 9.17) is 0 Å². The van der Waals surface area contributed by atoms with Crippen LogP contribution in [0.4, 0.5) is 0 Å². The summed E-state index contributed by atoms with van der Waals surface area (Å²) >= 11 is 3.24. The second kappa shape index (κ2) is 6.66. The maximum atomic E-state index is 12.0. The van der Waals surface area contributed by atoms with Crippen molar-refractivity contribution in [1.29, 1.82) is 0 Å². The highest BCUT2D eigenvalue weighted by atomic mass is 79.9. The topological polar surface area (TPSA) is 46.9 Å². The van der Waals surface area contributed by atoms with Gasteiger partial charge in [-0.2, -0.15) is 0 Å². The van der Waals surface area contributed by atoms with E-state index in [9.17, 15) is 4.79 Å². The first-order chi connectivity index (χ1) is 9.08.